The van der Waals surface area contributed by atoms with Crippen molar-refractivity contribution in [3.8, 4) is 0 Å². The van der Waals surface area contributed by atoms with Crippen LogP contribution in [0.5, 0.6) is 0 Å². The Morgan fingerprint density at radius 3 is 2.50 bits per heavy atom. The molecule has 1 N–H and O–H groups in total. The van der Waals surface area contributed by atoms with Gasteiger partial charge in [-0.3, -0.25) is 4.79 Å². The van der Waals surface area contributed by atoms with Gasteiger partial charge in [0.25, 0.3) is 0 Å². The van der Waals surface area contributed by atoms with Gasteiger partial charge in [0.2, 0.25) is 0 Å². The molecule has 0 aromatic heterocycles. The smallest absolute Gasteiger partial charge is 0.313 e. The Balaban J connectivity index is 3.26. The standard InChI is InChI=1S/C10H11BrO2S/c1-10(2,9(12)13)7-4-3-6(14)5-8(7)11/h3-5,14H,1-2H3,(H,12,13). The van der Waals surface area contributed by atoms with Gasteiger partial charge < -0.3 is 5.11 Å². The summed E-state index contributed by atoms with van der Waals surface area (Å²) in [4.78, 5) is 11.8. The fourth-order valence-corrected chi connectivity index (χ4v) is 2.38. The van der Waals surface area contributed by atoms with Crippen LogP contribution in [-0.4, -0.2) is 11.1 Å². The molecule has 0 amide bonds. The molecule has 0 atom stereocenters. The Morgan fingerprint density at radius 1 is 1.50 bits per heavy atom. The molecule has 0 spiro atoms. The minimum Gasteiger partial charge on any atom is -0.481 e. The number of carbonyl (C=O) groups is 1. The van der Waals surface area contributed by atoms with Crippen molar-refractivity contribution >= 4 is 34.5 Å². The summed E-state index contributed by atoms with van der Waals surface area (Å²) in [6.07, 6.45) is 0. The summed E-state index contributed by atoms with van der Waals surface area (Å²) >= 11 is 7.51. The average Bonchev–Trinajstić information content (AvgIpc) is 2.02. The number of benzene rings is 1. The van der Waals surface area contributed by atoms with Gasteiger partial charge in [0.1, 0.15) is 0 Å². The lowest BCUT2D eigenvalue weighted by Gasteiger charge is -2.21. The van der Waals surface area contributed by atoms with Crippen LogP contribution in [0, 0.1) is 0 Å². The zero-order valence-electron chi connectivity index (χ0n) is 7.91. The van der Waals surface area contributed by atoms with Crippen molar-refractivity contribution in [1.82, 2.24) is 0 Å². The van der Waals surface area contributed by atoms with Crippen LogP contribution >= 0.6 is 28.6 Å². The highest BCUT2D eigenvalue weighted by Crippen LogP contribution is 2.31. The maximum atomic E-state index is 11.0. The molecule has 1 aromatic carbocycles. The average molecular weight is 275 g/mol. The van der Waals surface area contributed by atoms with Crippen LogP contribution in [0.2, 0.25) is 0 Å². The summed E-state index contributed by atoms with van der Waals surface area (Å²) in [5.41, 5.74) is -0.136. The van der Waals surface area contributed by atoms with E-state index in [4.69, 9.17) is 5.11 Å². The molecule has 0 aliphatic heterocycles. The quantitative estimate of drug-likeness (QED) is 0.814. The van der Waals surface area contributed by atoms with Crippen molar-refractivity contribution in [3.05, 3.63) is 28.2 Å². The Kier molecular flexibility index (Phi) is 3.27. The molecule has 0 bridgehead atoms. The van der Waals surface area contributed by atoms with Crippen LogP contribution in [-0.2, 0) is 10.2 Å². The molecule has 1 aromatic rings. The van der Waals surface area contributed by atoms with Gasteiger partial charge >= 0.3 is 5.97 Å². The SMILES string of the molecule is CC(C)(C(=O)O)c1ccc(S)cc1Br. The molecule has 0 saturated heterocycles. The molecule has 2 nitrogen and oxygen atoms in total. The Labute approximate surface area is 96.9 Å². The molecule has 0 unspecified atom stereocenters. The van der Waals surface area contributed by atoms with Crippen molar-refractivity contribution in [2.45, 2.75) is 24.2 Å². The van der Waals surface area contributed by atoms with E-state index in [-0.39, 0.29) is 0 Å². The lowest BCUT2D eigenvalue weighted by molar-refractivity contribution is -0.142. The molecule has 0 radical (unpaired) electrons. The monoisotopic (exact) mass is 274 g/mol. The lowest BCUT2D eigenvalue weighted by atomic mass is 9.85. The zero-order valence-corrected chi connectivity index (χ0v) is 10.4. The second-order valence-electron chi connectivity index (χ2n) is 3.59. The van der Waals surface area contributed by atoms with E-state index in [0.717, 1.165) is 14.9 Å². The number of carboxylic acid groups (broad SMARTS) is 1. The van der Waals surface area contributed by atoms with Gasteiger partial charge in [0.15, 0.2) is 0 Å². The Bertz CT molecular complexity index is 374. The molecule has 14 heavy (non-hydrogen) atoms. The van der Waals surface area contributed by atoms with Crippen molar-refractivity contribution < 1.29 is 9.90 Å². The maximum absolute atomic E-state index is 11.0. The molecule has 0 aliphatic carbocycles. The van der Waals surface area contributed by atoms with Crippen LogP contribution in [0.4, 0.5) is 0 Å². The molecule has 0 saturated carbocycles. The van der Waals surface area contributed by atoms with E-state index < -0.39 is 11.4 Å². The van der Waals surface area contributed by atoms with Crippen LogP contribution in [0.25, 0.3) is 0 Å². The number of aliphatic carboxylic acids is 1. The lowest BCUT2D eigenvalue weighted by Crippen LogP contribution is -2.28. The van der Waals surface area contributed by atoms with Crippen LogP contribution in [0.3, 0.4) is 0 Å². The normalized spacial score (nSPS) is 11.4. The highest BCUT2D eigenvalue weighted by molar-refractivity contribution is 9.10. The van der Waals surface area contributed by atoms with E-state index in [9.17, 15) is 4.79 Å². The molecular formula is C10H11BrO2S. The second kappa shape index (κ2) is 3.95. The van der Waals surface area contributed by atoms with Crippen LogP contribution in [0.15, 0.2) is 27.6 Å². The Hall–Kier alpha value is -0.480. The summed E-state index contributed by atoms with van der Waals surface area (Å²) in [6.45, 7) is 3.35. The number of hydrogen-bond donors (Lipinski definition) is 2. The summed E-state index contributed by atoms with van der Waals surface area (Å²) < 4.78 is 0.775. The second-order valence-corrected chi connectivity index (χ2v) is 4.97. The minimum absolute atomic E-state index is 0.753. The van der Waals surface area contributed by atoms with Crippen molar-refractivity contribution in [2.75, 3.05) is 0 Å². The first-order chi connectivity index (χ1) is 6.35. The Morgan fingerprint density at radius 2 is 2.07 bits per heavy atom. The number of thiol groups is 1. The maximum Gasteiger partial charge on any atom is 0.313 e. The van der Waals surface area contributed by atoms with Gasteiger partial charge in [-0.15, -0.1) is 12.6 Å². The highest BCUT2D eigenvalue weighted by atomic mass is 79.9. The summed E-state index contributed by atoms with van der Waals surface area (Å²) in [5.74, 6) is -0.842. The summed E-state index contributed by atoms with van der Waals surface area (Å²) in [7, 11) is 0. The van der Waals surface area contributed by atoms with Crippen molar-refractivity contribution in [2.24, 2.45) is 0 Å². The predicted octanol–water partition coefficient (Wildman–Crippen LogP) is 3.10. The molecule has 0 fully saturated rings. The third-order valence-electron chi connectivity index (χ3n) is 2.16. The van der Waals surface area contributed by atoms with E-state index >= 15 is 0 Å². The number of carboxylic acids is 1. The first kappa shape index (κ1) is 11.6. The first-order valence-electron chi connectivity index (χ1n) is 4.08. The number of halogens is 1. The van der Waals surface area contributed by atoms with Gasteiger partial charge in [-0.05, 0) is 31.5 Å². The van der Waals surface area contributed by atoms with Gasteiger partial charge in [-0.1, -0.05) is 22.0 Å². The molecular weight excluding hydrogens is 264 g/mol. The molecule has 76 valence electrons. The van der Waals surface area contributed by atoms with Crippen LogP contribution < -0.4 is 0 Å². The van der Waals surface area contributed by atoms with E-state index in [1.807, 2.05) is 0 Å². The third kappa shape index (κ3) is 2.12. The fourth-order valence-electron chi connectivity index (χ4n) is 1.13. The number of rotatable bonds is 2. The van der Waals surface area contributed by atoms with E-state index in [2.05, 4.69) is 28.6 Å². The predicted molar refractivity (Wildman–Crippen MR) is 62.1 cm³/mol. The van der Waals surface area contributed by atoms with Gasteiger partial charge in [0.05, 0.1) is 5.41 Å². The highest BCUT2D eigenvalue weighted by Gasteiger charge is 2.31. The first-order valence-corrected chi connectivity index (χ1v) is 5.32. The van der Waals surface area contributed by atoms with Crippen LogP contribution in [0.1, 0.15) is 19.4 Å². The summed E-state index contributed by atoms with van der Waals surface area (Å²) in [5, 5.41) is 9.05. The van der Waals surface area contributed by atoms with E-state index in [1.165, 1.54) is 0 Å². The largest absolute Gasteiger partial charge is 0.481 e. The molecule has 4 heteroatoms. The van der Waals surface area contributed by atoms with Crippen molar-refractivity contribution in [3.63, 3.8) is 0 Å². The zero-order chi connectivity index (χ0) is 10.9. The molecule has 1 rings (SSSR count). The molecule has 0 heterocycles. The third-order valence-corrected chi connectivity index (χ3v) is 3.09. The van der Waals surface area contributed by atoms with Gasteiger partial charge in [-0.2, -0.15) is 0 Å². The van der Waals surface area contributed by atoms with E-state index in [1.54, 1.807) is 32.0 Å². The fraction of sp³-hybridized carbons (Fsp3) is 0.300. The summed E-state index contributed by atoms with van der Waals surface area (Å²) in [6, 6.07) is 5.36. The van der Waals surface area contributed by atoms with Crippen molar-refractivity contribution in [1.29, 1.82) is 0 Å². The van der Waals surface area contributed by atoms with Gasteiger partial charge in [0, 0.05) is 9.37 Å². The molecule has 0 aliphatic rings. The van der Waals surface area contributed by atoms with E-state index in [0.29, 0.717) is 0 Å². The number of hydrogen-bond acceptors (Lipinski definition) is 2. The topological polar surface area (TPSA) is 37.3 Å². The van der Waals surface area contributed by atoms with Gasteiger partial charge in [-0.25, -0.2) is 0 Å². The minimum atomic E-state index is -0.889.